The first-order valence-electron chi connectivity index (χ1n) is 49.6. The van der Waals surface area contributed by atoms with E-state index < -0.39 is 87.3 Å². The van der Waals surface area contributed by atoms with Gasteiger partial charge in [-0.3, -0.25) is 0 Å². The Morgan fingerprint density at radius 3 is 0.872 bits per heavy atom. The summed E-state index contributed by atoms with van der Waals surface area (Å²) >= 11 is 0. The van der Waals surface area contributed by atoms with Crippen LogP contribution in [-0.2, 0) is 61.1 Å². The molecular weight excluding hydrogens is 1700 g/mol. The number of aryl methyl sites for hydroxylation is 3. The fourth-order valence-electron chi connectivity index (χ4n) is 15.0. The van der Waals surface area contributed by atoms with Crippen LogP contribution < -0.4 is 0 Å². The fourth-order valence-corrected chi connectivity index (χ4v) is 15.0. The molecule has 0 aliphatic heterocycles. The summed E-state index contributed by atoms with van der Waals surface area (Å²) in [7, 11) is 0. The van der Waals surface area contributed by atoms with Crippen molar-refractivity contribution in [3.05, 3.63) is 368 Å². The van der Waals surface area contributed by atoms with Crippen LogP contribution in [0, 0.1) is 34.6 Å². The molecule has 0 radical (unpaired) electrons. The lowest BCUT2D eigenvalue weighted by molar-refractivity contribution is -0.290. The van der Waals surface area contributed by atoms with E-state index in [4.69, 9.17) is 17.8 Å². The van der Waals surface area contributed by atoms with Crippen molar-refractivity contribution in [3.63, 3.8) is 0 Å². The largest absolute Gasteiger partial charge is 0.458 e. The van der Waals surface area contributed by atoms with E-state index in [1.54, 1.807) is 52.8 Å². The van der Waals surface area contributed by atoms with Crippen molar-refractivity contribution < 1.29 is 79.3 Å². The van der Waals surface area contributed by atoms with E-state index in [2.05, 4.69) is 252 Å². The van der Waals surface area contributed by atoms with E-state index in [0.717, 1.165) is 43.5 Å². The molecule has 0 nitrogen and oxygen atoms in total. The smallest absolute Gasteiger partial charge is 0.200 e. The zero-order valence-corrected chi connectivity index (χ0v) is 80.8. The zero-order chi connectivity index (χ0) is 110. The maximum absolute atomic E-state index is 14.0. The van der Waals surface area contributed by atoms with Crippen molar-refractivity contribution in [1.82, 2.24) is 0 Å². The van der Waals surface area contributed by atoms with E-state index in [1.165, 1.54) is 79.4 Å². The third-order valence-corrected chi connectivity index (χ3v) is 21.3. The molecule has 0 heterocycles. The number of alkyl halides is 14. The van der Waals surface area contributed by atoms with Gasteiger partial charge in [0.1, 0.15) is 0 Å². The molecule has 12 rings (SSSR count). The van der Waals surface area contributed by atoms with Crippen LogP contribution in [0.2, 0.25) is 0 Å². The van der Waals surface area contributed by atoms with Crippen LogP contribution in [0.15, 0.2) is 279 Å². The van der Waals surface area contributed by atoms with Crippen molar-refractivity contribution in [2.45, 2.75) is 309 Å². The topological polar surface area (TPSA) is 0 Å². The molecule has 133 heavy (non-hydrogen) atoms. The van der Waals surface area contributed by atoms with Crippen molar-refractivity contribution >= 4 is 0 Å². The molecule has 0 fully saturated rings. The summed E-state index contributed by atoms with van der Waals surface area (Å²) in [5, 5.41) is 0. The predicted octanol–water partition coefficient (Wildman–Crippen LogP) is 39.0. The van der Waals surface area contributed by atoms with Crippen LogP contribution >= 0.6 is 0 Å². The molecule has 0 aliphatic carbocycles. The Bertz CT molecular complexity index is 6180. The molecular formula is C119H148F14. The molecule has 0 atom stereocenters. The number of halogens is 14. The summed E-state index contributed by atoms with van der Waals surface area (Å²) in [4.78, 5) is 0. The average molecular weight is 1860 g/mol. The number of hydrogen-bond acceptors (Lipinski definition) is 0. The van der Waals surface area contributed by atoms with Gasteiger partial charge in [0.25, 0.3) is 0 Å². The number of rotatable bonds is 9. The third-order valence-electron chi connectivity index (χ3n) is 21.3. The van der Waals surface area contributed by atoms with Gasteiger partial charge >= 0.3 is 36.0 Å². The lowest BCUT2D eigenvalue weighted by atomic mass is 9.72. The quantitative estimate of drug-likeness (QED) is 0.126. The van der Waals surface area contributed by atoms with Crippen LogP contribution in [0.5, 0.6) is 0 Å². The Hall–Kier alpha value is -10.3. The lowest BCUT2D eigenvalue weighted by Crippen LogP contribution is -2.40. The second-order valence-corrected chi connectivity index (χ2v) is 41.0. The summed E-state index contributed by atoms with van der Waals surface area (Å²) in [6.45, 7) is 56.9. The van der Waals surface area contributed by atoms with Gasteiger partial charge < -0.3 is 0 Å². The Morgan fingerprint density at radius 2 is 0.511 bits per heavy atom. The molecule has 12 aromatic rings. The number of hydrogen-bond donors (Lipinski definition) is 0. The predicted molar refractivity (Wildman–Crippen MR) is 540 cm³/mol. The summed E-state index contributed by atoms with van der Waals surface area (Å²) in [5.74, 6) is -19.9. The van der Waals surface area contributed by atoms with Crippen LogP contribution in [-0.4, -0.2) is 18.3 Å². The summed E-state index contributed by atoms with van der Waals surface area (Å²) in [6.07, 6.45) is -11.6. The molecule has 0 unspecified atom stereocenters. The van der Waals surface area contributed by atoms with Crippen LogP contribution in [0.4, 0.5) is 61.5 Å². The standard InChI is InChI=1S/C23H24.C22H22.C21H28.C15H15F9.C12H13F5.C12H18.C11H16.3CH4/c1-17-9-8-12-19(13-17)21-14-20(18-10-6-5-7-11-18)15-22(16-21)23(2,3)4;1-22(2,3)21-15-19(17-10-6-4-7-11-17)14-20(16-21)18-12-8-5-9-13-18;1-15-10-8-11-16(14-15)17-12-9-13-18(20(2,3)4)19(17)21(5,6)7;1-11(2,3)10-8(13(18,19)12(4,16)17)6-5-7-9(10)14(20,21)15(22,23)24;1-10(2,3)8-6-4-5-7-9(8)11(13,14)12(15,16)17;1-9-7-6-8-10(2)11(9)12(3,4)5;1-9-7-5-6-8-10(9)11(2,3)4;;;/h5-16H,1-4H3;4-16H,1-3H3;8-14H,1-7H3;5-7H,1-4H3;4-7H,1-3H3;6-8H,1-5H3;5-8H,1-4H3;3*1H4/i5D,6D,7D,8D,9D,10D,11D,12D,13D;;8D,10D,11D,14D;;;;;;;. The minimum atomic E-state index is -6.06. The molecule has 0 aliphatic rings. The highest BCUT2D eigenvalue weighted by Crippen LogP contribution is 2.54. The first kappa shape index (κ1) is 95.8. The molecule has 0 N–H and O–H groups in total. The second-order valence-electron chi connectivity index (χ2n) is 41.0. The van der Waals surface area contributed by atoms with Gasteiger partial charge in [0.05, 0.1) is 17.8 Å². The first-order chi connectivity index (χ1) is 64.8. The van der Waals surface area contributed by atoms with Gasteiger partial charge in [-0.05, 0) is 207 Å². The summed E-state index contributed by atoms with van der Waals surface area (Å²) in [6, 6.07) is 57.7. The maximum atomic E-state index is 14.0. The second kappa shape index (κ2) is 45.3. The maximum Gasteiger partial charge on any atom is 0.458 e. The molecule has 12 aromatic carbocycles. The van der Waals surface area contributed by atoms with Crippen molar-refractivity contribution in [1.29, 1.82) is 0 Å². The molecule has 0 aromatic heterocycles. The highest BCUT2D eigenvalue weighted by Gasteiger charge is 2.63. The normalized spacial score (nSPS) is 13.7. The van der Waals surface area contributed by atoms with E-state index in [9.17, 15) is 61.5 Å². The van der Waals surface area contributed by atoms with Gasteiger partial charge in [-0.25, -0.2) is 0 Å². The Balaban J connectivity index is 0.000000446. The molecule has 0 amide bonds. The zero-order valence-electron chi connectivity index (χ0n) is 93.8. The lowest BCUT2D eigenvalue weighted by Gasteiger charge is -2.34. The highest BCUT2D eigenvalue weighted by atomic mass is 19.4. The SMILES string of the molecule is C.C.C.CC(C)(C)c1c(C(F)(F)C(C)(F)F)cccc1C(F)(F)C(F)(F)F.CC(C)(C)c1cc(-c2ccccc2)cc(-c2ccccc2)c1.CC(C)(C)c1ccccc1C(F)(F)C(F)(F)F.Cc1cccc(C)c1C(C)(C)C.Cc1ccccc1C(C)(C)C.[2H]c1c([2H])c(C)c([2H])c(-c2cccc(C(C)(C)C)c2C(C)(C)C)c1[2H].[2H]c1c([2H])c([2H])c(-c2cc(-c3c([2H])c([2H])c([2H])c(C)c3[2H])cc(C(C)(C)C)c2)c([2H])c1[2H]. The molecule has 0 saturated carbocycles. The Kier molecular flexibility index (Phi) is 32.7. The molecule has 14 heteroatoms. The Morgan fingerprint density at radius 1 is 0.211 bits per heavy atom. The van der Waals surface area contributed by atoms with Gasteiger partial charge in [-0.1, -0.05) is 466 Å². The van der Waals surface area contributed by atoms with Gasteiger partial charge in [0.2, 0.25) is 0 Å². The van der Waals surface area contributed by atoms with Gasteiger partial charge in [0, 0.05) is 23.6 Å². The molecule has 0 spiro atoms. The van der Waals surface area contributed by atoms with Crippen molar-refractivity contribution in [2.24, 2.45) is 0 Å². The Labute approximate surface area is 808 Å². The van der Waals surface area contributed by atoms with Crippen molar-refractivity contribution in [3.8, 4) is 55.6 Å². The average Bonchev–Trinajstić information content (AvgIpc) is 0.741. The van der Waals surface area contributed by atoms with E-state index in [0.29, 0.717) is 40.5 Å². The van der Waals surface area contributed by atoms with Gasteiger partial charge in [-0.2, -0.15) is 61.5 Å². The van der Waals surface area contributed by atoms with Crippen LogP contribution in [0.3, 0.4) is 0 Å². The monoisotopic (exact) mass is 1860 g/mol. The molecule has 722 valence electrons. The van der Waals surface area contributed by atoms with Crippen molar-refractivity contribution in [2.75, 3.05) is 0 Å². The summed E-state index contributed by atoms with van der Waals surface area (Å²) in [5.41, 5.74) is 12.0. The van der Waals surface area contributed by atoms with Crippen LogP contribution in [0.1, 0.15) is 302 Å². The van der Waals surface area contributed by atoms with Gasteiger partial charge in [-0.15, -0.1) is 0 Å². The molecule has 0 saturated heterocycles. The minimum absolute atomic E-state index is 0. The number of benzene rings is 12. The third kappa shape index (κ3) is 31.6. The van der Waals surface area contributed by atoms with Gasteiger partial charge in [0.15, 0.2) is 0 Å². The molecule has 0 bridgehead atoms. The van der Waals surface area contributed by atoms with Crippen LogP contribution in [0.25, 0.3) is 55.6 Å². The summed E-state index contributed by atoms with van der Waals surface area (Å²) < 4.78 is 290. The van der Waals surface area contributed by atoms with E-state index in [-0.39, 0.29) is 144 Å². The van der Waals surface area contributed by atoms with E-state index >= 15 is 0 Å². The fraction of sp³-hybridized carbons (Fsp3) is 0.395. The minimum Gasteiger partial charge on any atom is -0.200 e. The first-order valence-corrected chi connectivity index (χ1v) is 43.1. The highest BCUT2D eigenvalue weighted by molar-refractivity contribution is 5.77. The van der Waals surface area contributed by atoms with E-state index in [1.807, 2.05) is 32.9 Å².